The highest BCUT2D eigenvalue weighted by molar-refractivity contribution is 5.45. The zero-order valence-corrected chi connectivity index (χ0v) is 9.24. The average Bonchev–Trinajstić information content (AvgIpc) is 2.53. The van der Waals surface area contributed by atoms with Crippen molar-refractivity contribution in [1.29, 1.82) is 0 Å². The van der Waals surface area contributed by atoms with Crippen LogP contribution >= 0.6 is 0 Å². The molecule has 0 saturated carbocycles. The molecular formula is C11H18N4. The standard InChI is InChI=1S/C11H18N4/c1-2-15-11(13-9-14-15)8-10-4-3-6-12-7-5-10/h8-9,12H,2-7H2,1H3/b10-8-. The largest absolute Gasteiger partial charge is 0.316 e. The molecule has 0 radical (unpaired) electrons. The van der Waals surface area contributed by atoms with Crippen molar-refractivity contribution < 1.29 is 0 Å². The Kier molecular flexibility index (Phi) is 3.50. The van der Waals surface area contributed by atoms with Crippen LogP contribution in [0.5, 0.6) is 0 Å². The van der Waals surface area contributed by atoms with Gasteiger partial charge in [-0.15, -0.1) is 0 Å². The second-order valence-electron chi connectivity index (χ2n) is 3.84. The molecule has 1 aromatic rings. The minimum Gasteiger partial charge on any atom is -0.316 e. The molecule has 1 fully saturated rings. The normalized spacial score (nSPS) is 20.5. The van der Waals surface area contributed by atoms with E-state index in [2.05, 4.69) is 28.4 Å². The molecule has 1 aromatic heterocycles. The second kappa shape index (κ2) is 5.07. The van der Waals surface area contributed by atoms with Gasteiger partial charge in [-0.1, -0.05) is 5.57 Å². The monoisotopic (exact) mass is 206 g/mol. The maximum Gasteiger partial charge on any atom is 0.150 e. The summed E-state index contributed by atoms with van der Waals surface area (Å²) in [5.74, 6) is 0.995. The molecule has 4 nitrogen and oxygen atoms in total. The van der Waals surface area contributed by atoms with Crippen LogP contribution in [-0.4, -0.2) is 27.9 Å². The molecular weight excluding hydrogens is 188 g/mol. The third-order valence-electron chi connectivity index (χ3n) is 2.75. The molecule has 0 aromatic carbocycles. The van der Waals surface area contributed by atoms with E-state index in [1.807, 2.05) is 4.68 Å². The summed E-state index contributed by atoms with van der Waals surface area (Å²) >= 11 is 0. The van der Waals surface area contributed by atoms with Gasteiger partial charge < -0.3 is 5.32 Å². The third-order valence-corrected chi connectivity index (χ3v) is 2.75. The molecule has 1 N–H and O–H groups in total. The lowest BCUT2D eigenvalue weighted by Gasteiger charge is -2.02. The highest BCUT2D eigenvalue weighted by Crippen LogP contribution is 2.15. The van der Waals surface area contributed by atoms with Gasteiger partial charge in [0.05, 0.1) is 0 Å². The van der Waals surface area contributed by atoms with E-state index in [1.54, 1.807) is 6.33 Å². The average molecular weight is 206 g/mol. The molecule has 1 aliphatic rings. The quantitative estimate of drug-likeness (QED) is 0.796. The van der Waals surface area contributed by atoms with Crippen LogP contribution in [0.2, 0.25) is 0 Å². The number of hydrogen-bond donors (Lipinski definition) is 1. The Morgan fingerprint density at radius 1 is 1.47 bits per heavy atom. The maximum absolute atomic E-state index is 4.27. The predicted molar refractivity (Wildman–Crippen MR) is 60.4 cm³/mol. The van der Waals surface area contributed by atoms with Crippen LogP contribution in [0, 0.1) is 0 Å². The van der Waals surface area contributed by atoms with Crippen LogP contribution in [0.25, 0.3) is 6.08 Å². The van der Waals surface area contributed by atoms with Crippen LogP contribution in [0.3, 0.4) is 0 Å². The Morgan fingerprint density at radius 3 is 3.27 bits per heavy atom. The molecule has 1 aliphatic heterocycles. The van der Waals surface area contributed by atoms with Gasteiger partial charge in [-0.05, 0) is 45.4 Å². The number of hydrogen-bond acceptors (Lipinski definition) is 3. The van der Waals surface area contributed by atoms with Gasteiger partial charge in [0.2, 0.25) is 0 Å². The summed E-state index contributed by atoms with van der Waals surface area (Å²) in [6.45, 7) is 5.20. The molecule has 15 heavy (non-hydrogen) atoms. The maximum atomic E-state index is 4.27. The van der Waals surface area contributed by atoms with E-state index >= 15 is 0 Å². The first-order valence-corrected chi connectivity index (χ1v) is 5.68. The predicted octanol–water partition coefficient (Wildman–Crippen LogP) is 1.45. The van der Waals surface area contributed by atoms with Crippen LogP contribution < -0.4 is 5.32 Å². The van der Waals surface area contributed by atoms with E-state index in [9.17, 15) is 0 Å². The first kappa shape index (κ1) is 10.4. The summed E-state index contributed by atoms with van der Waals surface area (Å²) in [5, 5.41) is 7.57. The summed E-state index contributed by atoms with van der Waals surface area (Å²) in [5.41, 5.74) is 1.49. The van der Waals surface area contributed by atoms with Gasteiger partial charge in [-0.3, -0.25) is 0 Å². The molecule has 2 heterocycles. The molecule has 0 aliphatic carbocycles. The van der Waals surface area contributed by atoms with Gasteiger partial charge in [-0.25, -0.2) is 9.67 Å². The van der Waals surface area contributed by atoms with E-state index in [1.165, 1.54) is 18.4 Å². The minimum absolute atomic E-state index is 0.886. The van der Waals surface area contributed by atoms with Crippen molar-refractivity contribution in [2.45, 2.75) is 32.7 Å². The van der Waals surface area contributed by atoms with E-state index < -0.39 is 0 Å². The molecule has 1 saturated heterocycles. The summed E-state index contributed by atoms with van der Waals surface area (Å²) in [7, 11) is 0. The van der Waals surface area contributed by atoms with Gasteiger partial charge >= 0.3 is 0 Å². The number of nitrogens with zero attached hydrogens (tertiary/aromatic N) is 3. The van der Waals surface area contributed by atoms with E-state index in [4.69, 9.17) is 0 Å². The number of nitrogens with one attached hydrogen (secondary N) is 1. The molecule has 0 unspecified atom stereocenters. The molecule has 0 bridgehead atoms. The fraction of sp³-hybridized carbons (Fsp3) is 0.636. The molecule has 2 rings (SSSR count). The summed E-state index contributed by atoms with van der Waals surface area (Å²) in [6, 6.07) is 0. The van der Waals surface area contributed by atoms with Crippen LogP contribution in [0.15, 0.2) is 11.9 Å². The zero-order valence-electron chi connectivity index (χ0n) is 9.24. The van der Waals surface area contributed by atoms with Crippen molar-refractivity contribution in [1.82, 2.24) is 20.1 Å². The summed E-state index contributed by atoms with van der Waals surface area (Å²) in [4.78, 5) is 4.27. The lowest BCUT2D eigenvalue weighted by molar-refractivity contribution is 0.650. The summed E-state index contributed by atoms with van der Waals surface area (Å²) < 4.78 is 1.94. The third kappa shape index (κ3) is 2.65. The number of rotatable bonds is 2. The first-order chi connectivity index (χ1) is 7.40. The first-order valence-electron chi connectivity index (χ1n) is 5.68. The Hall–Kier alpha value is -1.16. The SMILES string of the molecule is CCn1ncnc1/C=C1/CCCNCC1. The Morgan fingerprint density at radius 2 is 2.40 bits per heavy atom. The second-order valence-corrected chi connectivity index (χ2v) is 3.84. The molecule has 82 valence electrons. The lowest BCUT2D eigenvalue weighted by Crippen LogP contribution is -2.13. The van der Waals surface area contributed by atoms with Gasteiger partial charge in [-0.2, -0.15) is 5.10 Å². The van der Waals surface area contributed by atoms with Crippen LogP contribution in [0.1, 0.15) is 32.0 Å². The van der Waals surface area contributed by atoms with Crippen molar-refractivity contribution in [2.24, 2.45) is 0 Å². The number of aromatic nitrogens is 3. The fourth-order valence-corrected chi connectivity index (χ4v) is 1.89. The van der Waals surface area contributed by atoms with E-state index in [-0.39, 0.29) is 0 Å². The van der Waals surface area contributed by atoms with Crippen molar-refractivity contribution in [3.8, 4) is 0 Å². The molecule has 0 spiro atoms. The van der Waals surface area contributed by atoms with E-state index in [0.29, 0.717) is 0 Å². The van der Waals surface area contributed by atoms with Gasteiger partial charge in [0.1, 0.15) is 6.33 Å². The van der Waals surface area contributed by atoms with Crippen molar-refractivity contribution in [3.05, 3.63) is 17.7 Å². The molecule has 0 atom stereocenters. The van der Waals surface area contributed by atoms with Gasteiger partial charge in [0.15, 0.2) is 5.82 Å². The lowest BCUT2D eigenvalue weighted by atomic mass is 10.1. The van der Waals surface area contributed by atoms with Crippen molar-refractivity contribution in [2.75, 3.05) is 13.1 Å². The fourth-order valence-electron chi connectivity index (χ4n) is 1.89. The van der Waals surface area contributed by atoms with Crippen LogP contribution in [0.4, 0.5) is 0 Å². The Balaban J connectivity index is 2.13. The Labute approximate surface area is 90.4 Å². The number of aryl methyl sites for hydroxylation is 1. The van der Waals surface area contributed by atoms with Crippen molar-refractivity contribution in [3.63, 3.8) is 0 Å². The summed E-state index contributed by atoms with van der Waals surface area (Å²) in [6.07, 6.45) is 7.38. The van der Waals surface area contributed by atoms with Crippen LogP contribution in [-0.2, 0) is 6.54 Å². The zero-order chi connectivity index (χ0) is 10.5. The minimum atomic E-state index is 0.886. The molecule has 4 heteroatoms. The van der Waals surface area contributed by atoms with Gasteiger partial charge in [0, 0.05) is 6.54 Å². The highest BCUT2D eigenvalue weighted by atomic mass is 15.3. The topological polar surface area (TPSA) is 42.7 Å². The highest BCUT2D eigenvalue weighted by Gasteiger charge is 2.05. The molecule has 0 amide bonds. The van der Waals surface area contributed by atoms with Crippen molar-refractivity contribution >= 4 is 6.08 Å². The van der Waals surface area contributed by atoms with Gasteiger partial charge in [0.25, 0.3) is 0 Å². The Bertz CT molecular complexity index is 330. The smallest absolute Gasteiger partial charge is 0.150 e. The van der Waals surface area contributed by atoms with E-state index in [0.717, 1.165) is 31.9 Å².